The molecule has 7 N–H and O–H groups in total. The third-order valence-corrected chi connectivity index (χ3v) is 3.77. The maximum absolute atomic E-state index is 9.64. The summed E-state index contributed by atoms with van der Waals surface area (Å²) in [5.74, 6) is -2.11. The summed E-state index contributed by atoms with van der Waals surface area (Å²) in [5, 5.41) is 66.7. The van der Waals surface area contributed by atoms with Crippen LogP contribution in [0.5, 0.6) is 0 Å². The van der Waals surface area contributed by atoms with E-state index in [9.17, 15) is 35.7 Å². The van der Waals surface area contributed by atoms with Crippen molar-refractivity contribution < 1.29 is 35.7 Å². The second-order valence-corrected chi connectivity index (χ2v) is 4.59. The molecule has 0 bridgehead atoms. The highest BCUT2D eigenvalue weighted by Gasteiger charge is 2.60. The average Bonchev–Trinajstić information content (AvgIpc) is 2.48. The number of fused-ring (bicyclic) bond motifs is 1. The lowest BCUT2D eigenvalue weighted by molar-refractivity contribution is -0.196. The molecule has 0 aliphatic heterocycles. The summed E-state index contributed by atoms with van der Waals surface area (Å²) in [5.41, 5.74) is 0. The first-order valence-electron chi connectivity index (χ1n) is 5.14. The zero-order valence-corrected chi connectivity index (χ0v) is 8.33. The third-order valence-electron chi connectivity index (χ3n) is 3.77. The number of aliphatic hydroxyl groups is 7. The van der Waals surface area contributed by atoms with Crippen LogP contribution in [0, 0.1) is 11.8 Å². The van der Waals surface area contributed by atoms with Gasteiger partial charge in [-0.1, -0.05) is 0 Å². The van der Waals surface area contributed by atoms with Crippen molar-refractivity contribution in [2.45, 2.75) is 42.7 Å². The lowest BCUT2D eigenvalue weighted by Crippen LogP contribution is -2.60. The van der Waals surface area contributed by atoms with E-state index in [0.29, 0.717) is 0 Å². The lowest BCUT2D eigenvalue weighted by Gasteiger charge is -2.42. The van der Waals surface area contributed by atoms with Crippen LogP contribution in [0.1, 0.15) is 0 Å². The normalized spacial score (nSPS) is 62.1. The second kappa shape index (κ2) is 3.88. The minimum Gasteiger partial charge on any atom is -0.390 e. The fourth-order valence-corrected chi connectivity index (χ4v) is 2.83. The minimum atomic E-state index is -1.61. The first-order chi connectivity index (χ1) is 7.37. The Labute approximate surface area is 91.2 Å². The van der Waals surface area contributed by atoms with E-state index in [1.54, 1.807) is 0 Å². The van der Waals surface area contributed by atoms with Crippen LogP contribution in [0.4, 0.5) is 0 Å². The molecule has 0 aromatic rings. The average molecular weight is 236 g/mol. The number of rotatable bonds is 0. The molecule has 2 aliphatic carbocycles. The summed E-state index contributed by atoms with van der Waals surface area (Å²) in [6.45, 7) is 0. The maximum atomic E-state index is 9.64. The van der Waals surface area contributed by atoms with Gasteiger partial charge in [0, 0.05) is 11.8 Å². The van der Waals surface area contributed by atoms with Gasteiger partial charge in [-0.2, -0.15) is 0 Å². The molecular weight excluding hydrogens is 220 g/mol. The van der Waals surface area contributed by atoms with Gasteiger partial charge >= 0.3 is 0 Å². The largest absolute Gasteiger partial charge is 0.390 e. The van der Waals surface area contributed by atoms with Gasteiger partial charge in [-0.3, -0.25) is 0 Å². The zero-order valence-electron chi connectivity index (χ0n) is 8.33. The Balaban J connectivity index is 2.33. The molecule has 1 unspecified atom stereocenters. The van der Waals surface area contributed by atoms with Crippen LogP contribution in [0.15, 0.2) is 0 Å². The Morgan fingerprint density at radius 2 is 0.500 bits per heavy atom. The third kappa shape index (κ3) is 1.41. The standard InChI is InChI=1S/C9H16O7/c10-3-1-2(4(11)7(3)14)6(13)9(16)8(15)5(1)12/h1-16H/t1-,2+,3-,4-,5-,6+,7?,8-,9+/m0/s1. The Morgan fingerprint density at radius 3 is 0.750 bits per heavy atom. The predicted molar refractivity (Wildman–Crippen MR) is 49.0 cm³/mol. The fourth-order valence-electron chi connectivity index (χ4n) is 2.83. The highest BCUT2D eigenvalue weighted by molar-refractivity contribution is 5.10. The maximum Gasteiger partial charge on any atom is 0.109 e. The van der Waals surface area contributed by atoms with Crippen LogP contribution in [0.25, 0.3) is 0 Å². The summed E-state index contributed by atoms with van der Waals surface area (Å²) < 4.78 is 0. The smallest absolute Gasteiger partial charge is 0.109 e. The van der Waals surface area contributed by atoms with E-state index in [1.165, 1.54) is 0 Å². The first kappa shape index (κ1) is 12.2. The van der Waals surface area contributed by atoms with Crippen molar-refractivity contribution in [1.29, 1.82) is 0 Å². The van der Waals surface area contributed by atoms with Gasteiger partial charge in [-0.25, -0.2) is 0 Å². The molecule has 0 aromatic heterocycles. The molecule has 0 aromatic carbocycles. The molecule has 7 nitrogen and oxygen atoms in total. The highest BCUT2D eigenvalue weighted by Crippen LogP contribution is 2.43. The molecule has 0 saturated heterocycles. The van der Waals surface area contributed by atoms with Crippen molar-refractivity contribution in [3.63, 3.8) is 0 Å². The topological polar surface area (TPSA) is 142 Å². The summed E-state index contributed by atoms with van der Waals surface area (Å²) in [7, 11) is 0. The summed E-state index contributed by atoms with van der Waals surface area (Å²) >= 11 is 0. The van der Waals surface area contributed by atoms with Gasteiger partial charge in [0.15, 0.2) is 0 Å². The van der Waals surface area contributed by atoms with Crippen molar-refractivity contribution in [1.82, 2.24) is 0 Å². The predicted octanol–water partition coefficient (Wildman–Crippen LogP) is -4.23. The van der Waals surface area contributed by atoms with Crippen molar-refractivity contribution in [3.05, 3.63) is 0 Å². The van der Waals surface area contributed by atoms with Crippen molar-refractivity contribution in [2.24, 2.45) is 11.8 Å². The Bertz CT molecular complexity index is 247. The second-order valence-electron chi connectivity index (χ2n) is 4.59. The van der Waals surface area contributed by atoms with Crippen LogP contribution in [0.2, 0.25) is 0 Å². The van der Waals surface area contributed by atoms with Gasteiger partial charge in [-0.15, -0.1) is 0 Å². The zero-order chi connectivity index (χ0) is 12.2. The highest BCUT2D eigenvalue weighted by atomic mass is 16.4. The van der Waals surface area contributed by atoms with Crippen molar-refractivity contribution in [2.75, 3.05) is 0 Å². The Kier molecular flexibility index (Phi) is 2.96. The van der Waals surface area contributed by atoms with E-state index in [-0.39, 0.29) is 0 Å². The van der Waals surface area contributed by atoms with Gasteiger partial charge < -0.3 is 35.7 Å². The van der Waals surface area contributed by atoms with Crippen LogP contribution in [0.3, 0.4) is 0 Å². The molecule has 0 heterocycles. The number of aliphatic hydroxyl groups excluding tert-OH is 7. The quantitative estimate of drug-likeness (QED) is 0.226. The Hall–Kier alpha value is -0.280. The number of hydrogen-bond donors (Lipinski definition) is 7. The molecule has 9 atom stereocenters. The summed E-state index contributed by atoms with van der Waals surface area (Å²) in [6.07, 6.45) is -10.6. The molecule has 2 saturated carbocycles. The van der Waals surface area contributed by atoms with E-state index in [2.05, 4.69) is 0 Å². The fraction of sp³-hybridized carbons (Fsp3) is 1.00. The van der Waals surface area contributed by atoms with Gasteiger partial charge in [0.2, 0.25) is 0 Å². The molecule has 0 radical (unpaired) electrons. The first-order valence-corrected chi connectivity index (χ1v) is 5.14. The molecular formula is C9H16O7. The monoisotopic (exact) mass is 236 g/mol. The molecule has 16 heavy (non-hydrogen) atoms. The van der Waals surface area contributed by atoms with Crippen LogP contribution in [-0.2, 0) is 0 Å². The minimum absolute atomic E-state index is 1.06. The van der Waals surface area contributed by atoms with E-state index in [1.807, 2.05) is 0 Å². The van der Waals surface area contributed by atoms with Gasteiger partial charge in [-0.05, 0) is 0 Å². The van der Waals surface area contributed by atoms with E-state index >= 15 is 0 Å². The molecule has 2 rings (SSSR count). The van der Waals surface area contributed by atoms with Gasteiger partial charge in [0.1, 0.15) is 18.3 Å². The molecule has 0 spiro atoms. The summed E-state index contributed by atoms with van der Waals surface area (Å²) in [6, 6.07) is 0. The van der Waals surface area contributed by atoms with E-state index in [4.69, 9.17) is 0 Å². The van der Waals surface area contributed by atoms with Gasteiger partial charge in [0.25, 0.3) is 0 Å². The lowest BCUT2D eigenvalue weighted by atomic mass is 9.73. The Morgan fingerprint density at radius 1 is 0.312 bits per heavy atom. The van der Waals surface area contributed by atoms with Crippen molar-refractivity contribution in [3.8, 4) is 0 Å². The van der Waals surface area contributed by atoms with E-state index < -0.39 is 54.6 Å². The van der Waals surface area contributed by atoms with Crippen LogP contribution in [-0.4, -0.2) is 78.5 Å². The van der Waals surface area contributed by atoms with Crippen LogP contribution < -0.4 is 0 Å². The molecule has 2 aliphatic rings. The molecule has 2 fully saturated rings. The van der Waals surface area contributed by atoms with E-state index in [0.717, 1.165) is 0 Å². The SMILES string of the molecule is OC1[C@@H](O)[C@@H]2[C@@H](O)[C@@H](O)[C@@H](O)[C@@H](O)[C@@H]2[C@@H]1O. The van der Waals surface area contributed by atoms with Crippen molar-refractivity contribution >= 4 is 0 Å². The molecule has 7 heteroatoms. The summed E-state index contributed by atoms with van der Waals surface area (Å²) in [4.78, 5) is 0. The van der Waals surface area contributed by atoms with Gasteiger partial charge in [0.05, 0.1) is 24.4 Å². The van der Waals surface area contributed by atoms with Crippen LogP contribution >= 0.6 is 0 Å². The number of hydrogen-bond acceptors (Lipinski definition) is 7. The molecule has 94 valence electrons. The molecule has 0 amide bonds.